The molecule has 0 radical (unpaired) electrons. The van der Waals surface area contributed by atoms with Crippen molar-refractivity contribution in [2.24, 2.45) is 12.0 Å². The zero-order valence-corrected chi connectivity index (χ0v) is 19.4. The number of nitrogens with one attached hydrogen (secondary N) is 1. The molecule has 6 rings (SSSR count). The van der Waals surface area contributed by atoms with Crippen LogP contribution in [0.2, 0.25) is 0 Å². The lowest BCUT2D eigenvalue weighted by atomic mass is 10.2. The summed E-state index contributed by atoms with van der Waals surface area (Å²) in [6.07, 6.45) is 8.61. The van der Waals surface area contributed by atoms with Crippen LogP contribution in [0.25, 0.3) is 22.5 Å². The minimum absolute atomic E-state index is 0.458. The lowest BCUT2D eigenvalue weighted by molar-refractivity contribution is 0.479. The number of nitrogens with zero attached hydrogens (tertiary/aromatic N) is 6. The number of fused-ring (bicyclic) bond motifs is 1. The van der Waals surface area contributed by atoms with Crippen LogP contribution in [0.4, 0.5) is 11.5 Å². The smallest absolute Gasteiger partial charge is 0.231 e. The van der Waals surface area contributed by atoms with Crippen molar-refractivity contribution < 1.29 is 9.15 Å². The second-order valence-corrected chi connectivity index (χ2v) is 8.47. The summed E-state index contributed by atoms with van der Waals surface area (Å²) in [6, 6.07) is 11.8. The van der Waals surface area contributed by atoms with E-state index in [2.05, 4.69) is 30.2 Å². The van der Waals surface area contributed by atoms with E-state index in [-0.39, 0.29) is 0 Å². The Balaban J connectivity index is 1.23. The van der Waals surface area contributed by atoms with Gasteiger partial charge in [0.05, 0.1) is 28.6 Å². The quantitative estimate of drug-likeness (QED) is 0.356. The number of rotatable bonds is 6. The van der Waals surface area contributed by atoms with Crippen LogP contribution in [0.3, 0.4) is 0 Å². The Morgan fingerprint density at radius 2 is 2.06 bits per heavy atom. The maximum Gasteiger partial charge on any atom is 0.231 e. The van der Waals surface area contributed by atoms with Gasteiger partial charge in [0.1, 0.15) is 35.6 Å². The van der Waals surface area contributed by atoms with Crippen molar-refractivity contribution in [1.29, 1.82) is 0 Å². The number of aliphatic imine (C=N–C) groups is 1. The molecule has 0 saturated heterocycles. The molecule has 0 unspecified atom stereocenters. The highest BCUT2D eigenvalue weighted by molar-refractivity contribution is 6.00. The molecular weight excluding hydrogens is 442 g/mol. The molecular formula is C26H23N7O2. The van der Waals surface area contributed by atoms with Crippen molar-refractivity contribution in [3.8, 4) is 23.0 Å². The van der Waals surface area contributed by atoms with E-state index in [4.69, 9.17) is 9.15 Å². The molecule has 9 nitrogen and oxygen atoms in total. The van der Waals surface area contributed by atoms with Crippen molar-refractivity contribution in [3.63, 3.8) is 0 Å². The van der Waals surface area contributed by atoms with E-state index in [0.717, 1.165) is 64.6 Å². The van der Waals surface area contributed by atoms with Crippen molar-refractivity contribution in [1.82, 2.24) is 24.5 Å². The van der Waals surface area contributed by atoms with Gasteiger partial charge in [-0.3, -0.25) is 4.99 Å². The van der Waals surface area contributed by atoms with E-state index >= 15 is 0 Å². The molecule has 2 aromatic carbocycles. The predicted octanol–water partition coefficient (Wildman–Crippen LogP) is 5.45. The molecule has 1 N–H and O–H groups in total. The molecule has 0 saturated carbocycles. The van der Waals surface area contributed by atoms with Gasteiger partial charge in [-0.1, -0.05) is 0 Å². The van der Waals surface area contributed by atoms with Crippen LogP contribution in [-0.4, -0.2) is 36.8 Å². The van der Waals surface area contributed by atoms with E-state index in [0.29, 0.717) is 17.3 Å². The lowest BCUT2D eigenvalue weighted by Gasteiger charge is -2.12. The van der Waals surface area contributed by atoms with Gasteiger partial charge in [-0.05, 0) is 55.7 Å². The summed E-state index contributed by atoms with van der Waals surface area (Å²) in [6.45, 7) is 2.85. The van der Waals surface area contributed by atoms with Crippen molar-refractivity contribution in [2.75, 3.05) is 11.9 Å². The van der Waals surface area contributed by atoms with Gasteiger partial charge in [0.25, 0.3) is 0 Å². The van der Waals surface area contributed by atoms with Crippen molar-refractivity contribution in [3.05, 3.63) is 72.8 Å². The summed E-state index contributed by atoms with van der Waals surface area (Å²) in [4.78, 5) is 22.1. The Labute approximate surface area is 201 Å². The molecule has 5 aromatic rings. The third kappa shape index (κ3) is 4.12. The summed E-state index contributed by atoms with van der Waals surface area (Å²) in [7, 11) is 1.97. The Morgan fingerprint density at radius 3 is 2.91 bits per heavy atom. The first-order valence-corrected chi connectivity index (χ1v) is 11.4. The van der Waals surface area contributed by atoms with E-state index in [9.17, 15) is 0 Å². The van der Waals surface area contributed by atoms with Gasteiger partial charge in [-0.25, -0.2) is 19.9 Å². The molecule has 0 aliphatic carbocycles. The highest BCUT2D eigenvalue weighted by Gasteiger charge is 2.18. The number of hydrogen-bond donors (Lipinski definition) is 1. The molecule has 0 fully saturated rings. The number of anilines is 2. The molecule has 9 heteroatoms. The predicted molar refractivity (Wildman–Crippen MR) is 133 cm³/mol. The number of aryl methyl sites for hydroxylation is 2. The average molecular weight is 466 g/mol. The van der Waals surface area contributed by atoms with Crippen molar-refractivity contribution in [2.45, 2.75) is 19.8 Å². The summed E-state index contributed by atoms with van der Waals surface area (Å²) < 4.78 is 13.9. The molecule has 0 amide bonds. The largest absolute Gasteiger partial charge is 0.457 e. The van der Waals surface area contributed by atoms with Gasteiger partial charge in [-0.15, -0.1) is 0 Å². The van der Waals surface area contributed by atoms with Gasteiger partial charge in [0, 0.05) is 31.5 Å². The van der Waals surface area contributed by atoms with Gasteiger partial charge < -0.3 is 19.0 Å². The summed E-state index contributed by atoms with van der Waals surface area (Å²) in [5.74, 6) is 2.57. The molecule has 4 heterocycles. The molecule has 0 atom stereocenters. The monoisotopic (exact) mass is 465 g/mol. The number of aromatic nitrogens is 5. The molecule has 0 bridgehead atoms. The van der Waals surface area contributed by atoms with Crippen LogP contribution in [0.1, 0.15) is 24.1 Å². The molecule has 1 aliphatic heterocycles. The fraction of sp³-hybridized carbons (Fsp3) is 0.192. The van der Waals surface area contributed by atoms with Crippen LogP contribution < -0.4 is 10.1 Å². The van der Waals surface area contributed by atoms with Gasteiger partial charge in [0.15, 0.2) is 0 Å². The first kappa shape index (κ1) is 21.0. The summed E-state index contributed by atoms with van der Waals surface area (Å²) >= 11 is 0. The van der Waals surface area contributed by atoms with Crippen LogP contribution in [0, 0.1) is 6.92 Å². The minimum atomic E-state index is 0.458. The van der Waals surface area contributed by atoms with E-state index in [1.54, 1.807) is 18.8 Å². The average Bonchev–Trinajstić information content (AvgIpc) is 3.63. The molecule has 3 aromatic heterocycles. The highest BCUT2D eigenvalue weighted by atomic mass is 16.5. The first-order valence-electron chi connectivity index (χ1n) is 11.4. The number of hydrogen-bond acceptors (Lipinski definition) is 8. The minimum Gasteiger partial charge on any atom is -0.457 e. The normalized spacial score (nSPS) is 13.3. The third-order valence-electron chi connectivity index (χ3n) is 5.98. The van der Waals surface area contributed by atoms with Gasteiger partial charge in [-0.2, -0.15) is 0 Å². The number of imidazole rings is 1. The lowest BCUT2D eigenvalue weighted by Crippen LogP contribution is -1.99. The van der Waals surface area contributed by atoms with E-state index in [1.807, 2.05) is 54.9 Å². The molecule has 174 valence electrons. The number of benzene rings is 2. The zero-order valence-electron chi connectivity index (χ0n) is 19.4. The second-order valence-electron chi connectivity index (χ2n) is 8.47. The highest BCUT2D eigenvalue weighted by Crippen LogP contribution is 2.32. The Hall–Kier alpha value is -4.53. The van der Waals surface area contributed by atoms with E-state index < -0.39 is 0 Å². The maximum atomic E-state index is 6.14. The Morgan fingerprint density at radius 1 is 1.11 bits per heavy atom. The Kier molecular flexibility index (Phi) is 5.21. The zero-order chi connectivity index (χ0) is 23.8. The molecule has 0 spiro atoms. The standard InChI is InChI=1S/C26H23N7O2/c1-16-10-17(5-8-24(16)35-18-6-7-23-21(11-18)30-15-33(23)2)31-25-19(12-27-14-29-25)26-32-22(13-34-26)20-4-3-9-28-20/h5-8,10-15H,3-4,9H2,1-2H3,(H,27,29,31). The van der Waals surface area contributed by atoms with Crippen LogP contribution in [0.15, 0.2) is 70.9 Å². The van der Waals surface area contributed by atoms with Gasteiger partial charge >= 0.3 is 0 Å². The SMILES string of the molecule is Cc1cc(Nc2ncncc2-c2nc(C3=NCCC3)co2)ccc1Oc1ccc2c(c1)ncn2C. The van der Waals surface area contributed by atoms with Crippen LogP contribution in [0.5, 0.6) is 11.5 Å². The van der Waals surface area contributed by atoms with E-state index in [1.165, 1.54) is 6.33 Å². The number of oxazole rings is 1. The molecule has 35 heavy (non-hydrogen) atoms. The Bertz CT molecular complexity index is 1570. The number of ether oxygens (including phenoxy) is 1. The molecule has 1 aliphatic rings. The third-order valence-corrected chi connectivity index (χ3v) is 5.98. The first-order chi connectivity index (χ1) is 17.1. The van der Waals surface area contributed by atoms with Gasteiger partial charge in [0.2, 0.25) is 5.89 Å². The summed E-state index contributed by atoms with van der Waals surface area (Å²) in [5.41, 5.74) is 6.23. The fourth-order valence-corrected chi connectivity index (χ4v) is 4.15. The fourth-order valence-electron chi connectivity index (χ4n) is 4.15. The second kappa shape index (κ2) is 8.68. The van der Waals surface area contributed by atoms with Crippen molar-refractivity contribution >= 4 is 28.3 Å². The van der Waals surface area contributed by atoms with Crippen LogP contribution >= 0.6 is 0 Å². The maximum absolute atomic E-state index is 6.14. The topological polar surface area (TPSA) is 103 Å². The summed E-state index contributed by atoms with van der Waals surface area (Å²) in [5, 5.41) is 3.36. The van der Waals surface area contributed by atoms with Crippen LogP contribution in [-0.2, 0) is 7.05 Å².